The molecule has 1 atom stereocenters. The summed E-state index contributed by atoms with van der Waals surface area (Å²) in [6.45, 7) is 11.7. The summed E-state index contributed by atoms with van der Waals surface area (Å²) in [6, 6.07) is 0. The van der Waals surface area contributed by atoms with Crippen molar-refractivity contribution in [1.82, 2.24) is 9.88 Å². The zero-order valence-electron chi connectivity index (χ0n) is 13.3. The average Bonchev–Trinajstić information content (AvgIpc) is 2.80. The van der Waals surface area contributed by atoms with Gasteiger partial charge in [0, 0.05) is 19.5 Å². The van der Waals surface area contributed by atoms with E-state index in [1.807, 2.05) is 13.8 Å². The molecule has 0 spiro atoms. The molecule has 0 saturated carbocycles. The van der Waals surface area contributed by atoms with E-state index in [0.29, 0.717) is 0 Å². The van der Waals surface area contributed by atoms with Crippen LogP contribution >= 0.6 is 11.3 Å². The minimum absolute atomic E-state index is 0.763. The van der Waals surface area contributed by atoms with Crippen molar-refractivity contribution in [3.63, 3.8) is 0 Å². The molecular formula is C16H28N2OS. The zero-order valence-corrected chi connectivity index (χ0v) is 14.1. The van der Waals surface area contributed by atoms with Crippen LogP contribution in [-0.4, -0.2) is 34.6 Å². The molecule has 1 aromatic heterocycles. The smallest absolute Gasteiger partial charge is 0.0950 e. The Morgan fingerprint density at radius 1 is 1.45 bits per heavy atom. The predicted molar refractivity (Wildman–Crippen MR) is 85.3 cm³/mol. The summed E-state index contributed by atoms with van der Waals surface area (Å²) < 4.78 is 0. The van der Waals surface area contributed by atoms with E-state index in [-0.39, 0.29) is 0 Å². The molecule has 1 saturated heterocycles. The molecule has 0 amide bonds. The summed E-state index contributed by atoms with van der Waals surface area (Å²) in [5, 5.41) is 11.4. The lowest BCUT2D eigenvalue weighted by Gasteiger charge is -2.30. The van der Waals surface area contributed by atoms with Gasteiger partial charge in [0.25, 0.3) is 0 Å². The standard InChI is InChI=1S/C16H28N2OS/c1-5-13-15(16(3,4)19)20-14(17-13)8-10-18-9-6-7-12(2)11-18/h12,19H,5-11H2,1-4H3. The number of hydrogen-bond donors (Lipinski definition) is 1. The molecule has 1 unspecified atom stereocenters. The topological polar surface area (TPSA) is 36.4 Å². The van der Waals surface area contributed by atoms with E-state index in [0.717, 1.165) is 35.9 Å². The molecule has 4 heteroatoms. The summed E-state index contributed by atoms with van der Waals surface area (Å²) in [5.41, 5.74) is 0.311. The highest BCUT2D eigenvalue weighted by atomic mass is 32.1. The minimum Gasteiger partial charge on any atom is -0.385 e. The second kappa shape index (κ2) is 6.54. The second-order valence-corrected chi connectivity index (χ2v) is 7.68. The third kappa shape index (κ3) is 4.03. The number of thiazole rings is 1. The predicted octanol–water partition coefficient (Wildman–Crippen LogP) is 3.21. The van der Waals surface area contributed by atoms with E-state index in [9.17, 15) is 5.11 Å². The first-order valence-electron chi connectivity index (χ1n) is 7.84. The highest BCUT2D eigenvalue weighted by Gasteiger charge is 2.24. The van der Waals surface area contributed by atoms with Crippen molar-refractivity contribution < 1.29 is 5.11 Å². The number of aromatic nitrogens is 1. The number of aryl methyl sites for hydroxylation is 1. The quantitative estimate of drug-likeness (QED) is 0.906. The first-order chi connectivity index (χ1) is 9.40. The van der Waals surface area contributed by atoms with Gasteiger partial charge in [-0.3, -0.25) is 0 Å². The third-order valence-corrected chi connectivity index (χ3v) is 5.49. The van der Waals surface area contributed by atoms with Crippen LogP contribution in [0.4, 0.5) is 0 Å². The molecule has 3 nitrogen and oxygen atoms in total. The van der Waals surface area contributed by atoms with Crippen LogP contribution in [0.15, 0.2) is 0 Å². The van der Waals surface area contributed by atoms with E-state index >= 15 is 0 Å². The van der Waals surface area contributed by atoms with Crippen LogP contribution in [-0.2, 0) is 18.4 Å². The summed E-state index contributed by atoms with van der Waals surface area (Å²) in [4.78, 5) is 8.33. The van der Waals surface area contributed by atoms with Crippen LogP contribution in [0.1, 0.15) is 56.1 Å². The SMILES string of the molecule is CCc1nc(CCN2CCCC(C)C2)sc1C(C)(C)O. The minimum atomic E-state index is -0.763. The van der Waals surface area contributed by atoms with Gasteiger partial charge in [0.1, 0.15) is 0 Å². The molecule has 1 aliphatic heterocycles. The monoisotopic (exact) mass is 296 g/mol. The number of rotatable bonds is 5. The van der Waals surface area contributed by atoms with E-state index in [4.69, 9.17) is 4.98 Å². The molecule has 2 heterocycles. The van der Waals surface area contributed by atoms with Crippen LogP contribution in [0, 0.1) is 5.92 Å². The van der Waals surface area contributed by atoms with Gasteiger partial charge in [0.2, 0.25) is 0 Å². The van der Waals surface area contributed by atoms with Crippen LogP contribution in [0.5, 0.6) is 0 Å². The lowest BCUT2D eigenvalue weighted by atomic mass is 10.0. The van der Waals surface area contributed by atoms with E-state index < -0.39 is 5.60 Å². The average molecular weight is 296 g/mol. The lowest BCUT2D eigenvalue weighted by molar-refractivity contribution is 0.0814. The molecule has 0 aliphatic carbocycles. The molecule has 0 aromatic carbocycles. The fourth-order valence-electron chi connectivity index (χ4n) is 2.97. The highest BCUT2D eigenvalue weighted by molar-refractivity contribution is 7.11. The second-order valence-electron chi connectivity index (χ2n) is 6.59. The molecule has 1 aliphatic rings. The van der Waals surface area contributed by atoms with Crippen molar-refractivity contribution in [1.29, 1.82) is 0 Å². The number of aliphatic hydroxyl groups is 1. The Morgan fingerprint density at radius 2 is 2.20 bits per heavy atom. The Labute approximate surface area is 127 Å². The van der Waals surface area contributed by atoms with Crippen molar-refractivity contribution >= 4 is 11.3 Å². The van der Waals surface area contributed by atoms with Crippen molar-refractivity contribution in [2.75, 3.05) is 19.6 Å². The van der Waals surface area contributed by atoms with Gasteiger partial charge in [-0.2, -0.15) is 0 Å². The van der Waals surface area contributed by atoms with Crippen LogP contribution in [0.25, 0.3) is 0 Å². The van der Waals surface area contributed by atoms with Gasteiger partial charge < -0.3 is 10.0 Å². The molecular weight excluding hydrogens is 268 g/mol. The molecule has 114 valence electrons. The van der Waals surface area contributed by atoms with Crippen molar-refractivity contribution in [2.45, 2.75) is 59.0 Å². The van der Waals surface area contributed by atoms with Gasteiger partial charge in [0.15, 0.2) is 0 Å². The fraction of sp³-hybridized carbons (Fsp3) is 0.812. The first kappa shape index (κ1) is 15.9. The Balaban J connectivity index is 1.98. The van der Waals surface area contributed by atoms with Gasteiger partial charge in [0.05, 0.1) is 21.2 Å². The van der Waals surface area contributed by atoms with Gasteiger partial charge in [-0.15, -0.1) is 11.3 Å². The zero-order chi connectivity index (χ0) is 14.8. The molecule has 1 fully saturated rings. The van der Waals surface area contributed by atoms with Crippen LogP contribution in [0.2, 0.25) is 0 Å². The number of nitrogens with zero attached hydrogens (tertiary/aromatic N) is 2. The van der Waals surface area contributed by atoms with E-state index in [1.165, 1.54) is 30.9 Å². The Kier molecular flexibility index (Phi) is 5.21. The molecule has 2 rings (SSSR count). The maximum absolute atomic E-state index is 10.2. The van der Waals surface area contributed by atoms with Gasteiger partial charge in [-0.05, 0) is 45.6 Å². The summed E-state index contributed by atoms with van der Waals surface area (Å²) in [7, 11) is 0. The number of hydrogen-bond acceptors (Lipinski definition) is 4. The maximum Gasteiger partial charge on any atom is 0.0950 e. The molecule has 1 aromatic rings. The summed E-state index contributed by atoms with van der Waals surface area (Å²) in [5.74, 6) is 0.832. The summed E-state index contributed by atoms with van der Waals surface area (Å²) in [6.07, 6.45) is 4.61. The first-order valence-corrected chi connectivity index (χ1v) is 8.65. The normalized spacial score (nSPS) is 21.4. The molecule has 1 N–H and O–H groups in total. The van der Waals surface area contributed by atoms with Crippen molar-refractivity contribution in [3.05, 3.63) is 15.6 Å². The number of piperidine rings is 1. The maximum atomic E-state index is 10.2. The van der Waals surface area contributed by atoms with Crippen LogP contribution < -0.4 is 0 Å². The van der Waals surface area contributed by atoms with Crippen LogP contribution in [0.3, 0.4) is 0 Å². The van der Waals surface area contributed by atoms with Gasteiger partial charge >= 0.3 is 0 Å². The van der Waals surface area contributed by atoms with E-state index in [1.54, 1.807) is 11.3 Å². The Morgan fingerprint density at radius 3 is 2.75 bits per heavy atom. The Hall–Kier alpha value is -0.450. The fourth-order valence-corrected chi connectivity index (χ4v) is 4.11. The Bertz CT molecular complexity index is 436. The van der Waals surface area contributed by atoms with Gasteiger partial charge in [-0.25, -0.2) is 4.98 Å². The third-order valence-electron chi connectivity index (χ3n) is 4.02. The van der Waals surface area contributed by atoms with E-state index in [2.05, 4.69) is 18.7 Å². The highest BCUT2D eigenvalue weighted by Crippen LogP contribution is 2.30. The summed E-state index contributed by atoms with van der Waals surface area (Å²) >= 11 is 1.69. The lowest BCUT2D eigenvalue weighted by Crippen LogP contribution is -2.35. The van der Waals surface area contributed by atoms with Crippen molar-refractivity contribution in [2.24, 2.45) is 5.92 Å². The molecule has 20 heavy (non-hydrogen) atoms. The molecule has 0 radical (unpaired) electrons. The number of likely N-dealkylation sites (tertiary alicyclic amines) is 1. The van der Waals surface area contributed by atoms with Crippen molar-refractivity contribution in [3.8, 4) is 0 Å². The van der Waals surface area contributed by atoms with Gasteiger partial charge in [-0.1, -0.05) is 13.8 Å². The largest absolute Gasteiger partial charge is 0.385 e. The molecule has 0 bridgehead atoms.